The fourth-order valence-electron chi connectivity index (χ4n) is 2.37. The first kappa shape index (κ1) is 11.6. The minimum absolute atomic E-state index is 0.119. The minimum atomic E-state index is -0.119. The van der Waals surface area contributed by atoms with Crippen LogP contribution >= 0.6 is 0 Å². The Labute approximate surface area is 97.3 Å². The van der Waals surface area contributed by atoms with Crippen LogP contribution in [0.1, 0.15) is 31.7 Å². The van der Waals surface area contributed by atoms with Crippen molar-refractivity contribution in [3.8, 4) is 0 Å². The van der Waals surface area contributed by atoms with E-state index in [2.05, 4.69) is 19.1 Å². The van der Waals surface area contributed by atoms with Crippen LogP contribution in [0, 0.1) is 5.92 Å². The lowest BCUT2D eigenvalue weighted by Gasteiger charge is -2.31. The topological polar surface area (TPSA) is 29.5 Å². The Morgan fingerprint density at radius 1 is 1.25 bits per heavy atom. The number of rotatable bonds is 3. The van der Waals surface area contributed by atoms with Gasteiger partial charge in [-0.1, -0.05) is 37.3 Å². The van der Waals surface area contributed by atoms with Crippen LogP contribution in [0.3, 0.4) is 0 Å². The molecule has 2 rings (SSSR count). The molecule has 88 valence electrons. The summed E-state index contributed by atoms with van der Waals surface area (Å²) in [5.41, 5.74) is 1.22. The van der Waals surface area contributed by atoms with Crippen molar-refractivity contribution < 1.29 is 9.84 Å². The van der Waals surface area contributed by atoms with Crippen molar-refractivity contribution in [3.63, 3.8) is 0 Å². The molecule has 1 N–H and O–H groups in total. The number of aliphatic hydroxyl groups is 1. The zero-order valence-corrected chi connectivity index (χ0v) is 9.80. The summed E-state index contributed by atoms with van der Waals surface area (Å²) in [5, 5.41) is 9.53. The number of hydrogen-bond donors (Lipinski definition) is 1. The van der Waals surface area contributed by atoms with E-state index < -0.39 is 0 Å². The van der Waals surface area contributed by atoms with Crippen LogP contribution in [0.25, 0.3) is 0 Å². The average molecular weight is 220 g/mol. The van der Waals surface area contributed by atoms with Gasteiger partial charge in [-0.05, 0) is 30.7 Å². The molecule has 0 saturated heterocycles. The van der Waals surface area contributed by atoms with Crippen LogP contribution in [0.15, 0.2) is 30.3 Å². The van der Waals surface area contributed by atoms with E-state index in [1.165, 1.54) is 5.56 Å². The predicted octanol–water partition coefficient (Wildman–Crippen LogP) is 2.75. The van der Waals surface area contributed by atoms with Gasteiger partial charge < -0.3 is 9.84 Å². The predicted molar refractivity (Wildman–Crippen MR) is 64.0 cm³/mol. The second-order valence-corrected chi connectivity index (χ2v) is 4.78. The quantitative estimate of drug-likeness (QED) is 0.848. The molecule has 16 heavy (non-hydrogen) atoms. The van der Waals surface area contributed by atoms with E-state index in [9.17, 15) is 5.11 Å². The molecule has 3 atom stereocenters. The van der Waals surface area contributed by atoms with E-state index in [1.807, 2.05) is 18.2 Å². The van der Waals surface area contributed by atoms with E-state index in [1.54, 1.807) is 0 Å². The Morgan fingerprint density at radius 3 is 2.69 bits per heavy atom. The van der Waals surface area contributed by atoms with Gasteiger partial charge in [-0.2, -0.15) is 0 Å². The number of aliphatic hydroxyl groups excluding tert-OH is 1. The Kier molecular flexibility index (Phi) is 3.97. The van der Waals surface area contributed by atoms with Gasteiger partial charge in [0, 0.05) is 0 Å². The SMILES string of the molecule is C[C@H]1C[C@H](O)CC[C@H]1OCc1ccccc1. The molecule has 1 fully saturated rings. The molecule has 0 unspecified atom stereocenters. The number of benzene rings is 1. The third-order valence-electron chi connectivity index (χ3n) is 3.37. The van der Waals surface area contributed by atoms with Crippen molar-refractivity contribution in [2.45, 2.75) is 45.0 Å². The van der Waals surface area contributed by atoms with Gasteiger partial charge in [0.25, 0.3) is 0 Å². The third kappa shape index (κ3) is 3.06. The molecule has 1 aromatic rings. The van der Waals surface area contributed by atoms with Gasteiger partial charge in [-0.3, -0.25) is 0 Å². The van der Waals surface area contributed by atoms with Crippen molar-refractivity contribution in [1.29, 1.82) is 0 Å². The van der Waals surface area contributed by atoms with Crippen LogP contribution in [-0.4, -0.2) is 17.3 Å². The highest BCUT2D eigenvalue weighted by Crippen LogP contribution is 2.27. The van der Waals surface area contributed by atoms with Gasteiger partial charge >= 0.3 is 0 Å². The van der Waals surface area contributed by atoms with Crippen LogP contribution in [-0.2, 0) is 11.3 Å². The normalized spacial score (nSPS) is 30.2. The molecule has 2 nitrogen and oxygen atoms in total. The summed E-state index contributed by atoms with van der Waals surface area (Å²) >= 11 is 0. The van der Waals surface area contributed by atoms with Gasteiger partial charge in [0.1, 0.15) is 0 Å². The maximum Gasteiger partial charge on any atom is 0.0720 e. The largest absolute Gasteiger partial charge is 0.393 e. The summed E-state index contributed by atoms with van der Waals surface area (Å²) in [7, 11) is 0. The monoisotopic (exact) mass is 220 g/mol. The molecule has 0 aromatic heterocycles. The van der Waals surface area contributed by atoms with Crippen molar-refractivity contribution in [1.82, 2.24) is 0 Å². The highest BCUT2D eigenvalue weighted by molar-refractivity contribution is 5.13. The van der Waals surface area contributed by atoms with Crippen LogP contribution in [0.4, 0.5) is 0 Å². The van der Waals surface area contributed by atoms with Gasteiger partial charge in [0.15, 0.2) is 0 Å². The molecule has 1 aliphatic carbocycles. The first-order valence-corrected chi connectivity index (χ1v) is 6.09. The molecule has 0 bridgehead atoms. The second-order valence-electron chi connectivity index (χ2n) is 4.78. The summed E-state index contributed by atoms with van der Waals surface area (Å²) in [6, 6.07) is 10.3. The maximum atomic E-state index is 9.53. The zero-order chi connectivity index (χ0) is 11.4. The lowest BCUT2D eigenvalue weighted by molar-refractivity contribution is -0.0450. The van der Waals surface area contributed by atoms with Crippen molar-refractivity contribution in [3.05, 3.63) is 35.9 Å². The van der Waals surface area contributed by atoms with Crippen molar-refractivity contribution in [2.24, 2.45) is 5.92 Å². The fraction of sp³-hybridized carbons (Fsp3) is 0.571. The molecule has 0 heterocycles. The van der Waals surface area contributed by atoms with Crippen molar-refractivity contribution >= 4 is 0 Å². The Bertz CT molecular complexity index is 310. The van der Waals surface area contributed by atoms with E-state index in [0.29, 0.717) is 18.6 Å². The molecule has 0 radical (unpaired) electrons. The second kappa shape index (κ2) is 5.46. The molecule has 1 aromatic carbocycles. The lowest BCUT2D eigenvalue weighted by Crippen LogP contribution is -2.31. The molecular weight excluding hydrogens is 200 g/mol. The zero-order valence-electron chi connectivity index (χ0n) is 9.80. The highest BCUT2D eigenvalue weighted by atomic mass is 16.5. The van der Waals surface area contributed by atoms with E-state index in [0.717, 1.165) is 19.3 Å². The summed E-state index contributed by atoms with van der Waals surface area (Å²) in [6.07, 6.45) is 2.92. The van der Waals surface area contributed by atoms with E-state index >= 15 is 0 Å². The Hall–Kier alpha value is -0.860. The average Bonchev–Trinajstić information content (AvgIpc) is 2.29. The summed E-state index contributed by atoms with van der Waals surface area (Å²) < 4.78 is 5.92. The lowest BCUT2D eigenvalue weighted by atomic mass is 9.86. The maximum absolute atomic E-state index is 9.53. The minimum Gasteiger partial charge on any atom is -0.393 e. The molecule has 0 aliphatic heterocycles. The molecule has 0 spiro atoms. The molecule has 1 aliphatic rings. The van der Waals surface area contributed by atoms with Crippen LogP contribution < -0.4 is 0 Å². The summed E-state index contributed by atoms with van der Waals surface area (Å²) in [4.78, 5) is 0. The van der Waals surface area contributed by atoms with Gasteiger partial charge in [0.2, 0.25) is 0 Å². The summed E-state index contributed by atoms with van der Waals surface area (Å²) in [5.74, 6) is 0.465. The van der Waals surface area contributed by atoms with Gasteiger partial charge in [0.05, 0.1) is 18.8 Å². The molecule has 1 saturated carbocycles. The smallest absolute Gasteiger partial charge is 0.0720 e. The standard InChI is InChI=1S/C14H20O2/c1-11-9-13(15)7-8-14(11)16-10-12-5-3-2-4-6-12/h2-6,11,13-15H,7-10H2,1H3/t11-,13+,14+/m0/s1. The fourth-order valence-corrected chi connectivity index (χ4v) is 2.37. The Balaban J connectivity index is 1.82. The first-order chi connectivity index (χ1) is 7.75. The van der Waals surface area contributed by atoms with E-state index in [4.69, 9.17) is 4.74 Å². The highest BCUT2D eigenvalue weighted by Gasteiger charge is 2.26. The van der Waals surface area contributed by atoms with Crippen molar-refractivity contribution in [2.75, 3.05) is 0 Å². The Morgan fingerprint density at radius 2 is 2.00 bits per heavy atom. The summed E-state index contributed by atoms with van der Waals surface area (Å²) in [6.45, 7) is 2.85. The third-order valence-corrected chi connectivity index (χ3v) is 3.37. The molecule has 2 heteroatoms. The first-order valence-electron chi connectivity index (χ1n) is 6.09. The number of ether oxygens (including phenoxy) is 1. The van der Waals surface area contributed by atoms with Gasteiger partial charge in [-0.25, -0.2) is 0 Å². The van der Waals surface area contributed by atoms with E-state index in [-0.39, 0.29) is 6.10 Å². The number of hydrogen-bond acceptors (Lipinski definition) is 2. The molecular formula is C14H20O2. The van der Waals surface area contributed by atoms with Crippen LogP contribution in [0.5, 0.6) is 0 Å². The molecule has 0 amide bonds. The van der Waals surface area contributed by atoms with Gasteiger partial charge in [-0.15, -0.1) is 0 Å². The van der Waals surface area contributed by atoms with Crippen LogP contribution in [0.2, 0.25) is 0 Å².